The summed E-state index contributed by atoms with van der Waals surface area (Å²) in [5.41, 5.74) is 10.5. The number of carbonyl (C=O) groups excluding carboxylic acids is 3. The van der Waals surface area contributed by atoms with Crippen molar-refractivity contribution in [1.82, 2.24) is 9.80 Å². The van der Waals surface area contributed by atoms with Crippen LogP contribution in [-0.2, 0) is 22.6 Å². The van der Waals surface area contributed by atoms with Gasteiger partial charge in [0, 0.05) is 19.2 Å². The van der Waals surface area contributed by atoms with E-state index in [1.807, 2.05) is 30.3 Å². The second-order valence-electron chi connectivity index (χ2n) is 12.0. The molecule has 0 aromatic heterocycles. The number of rotatable bonds is 8. The van der Waals surface area contributed by atoms with Crippen molar-refractivity contribution in [3.63, 3.8) is 0 Å². The molecule has 45 heavy (non-hydrogen) atoms. The Bertz CT molecular complexity index is 1640. The number of hydrogen-bond donors (Lipinski definition) is 3. The average Bonchev–Trinajstić information content (AvgIpc) is 3.28. The van der Waals surface area contributed by atoms with Crippen LogP contribution in [0.4, 0.5) is 11.4 Å². The summed E-state index contributed by atoms with van der Waals surface area (Å²) >= 11 is 0. The smallest absolute Gasteiger partial charge is 0.307 e. The molecule has 5 N–H and O–H groups in total. The molecule has 3 aromatic carbocycles. The number of nitrogen functional groups attached to an aromatic ring is 1. The normalized spacial score (nSPS) is 20.9. The van der Waals surface area contributed by atoms with Crippen LogP contribution in [-0.4, -0.2) is 58.7 Å². The van der Waals surface area contributed by atoms with Crippen molar-refractivity contribution in [2.45, 2.75) is 44.8 Å². The Morgan fingerprint density at radius 3 is 2.31 bits per heavy atom. The van der Waals surface area contributed by atoms with Crippen LogP contribution in [0.25, 0.3) is 0 Å². The fraction of sp³-hybridized carbons (Fsp3) is 0.353. The molecule has 1 fully saturated rings. The number of fused-ring (bicyclic) bond motifs is 2. The number of imide groups is 1. The van der Waals surface area contributed by atoms with Crippen molar-refractivity contribution >= 4 is 35.1 Å². The molecule has 3 aliphatic rings. The number of amides is 3. The number of ether oxygens (including phenoxy) is 1. The van der Waals surface area contributed by atoms with E-state index in [4.69, 9.17) is 16.3 Å². The van der Waals surface area contributed by atoms with Crippen molar-refractivity contribution in [3.05, 3.63) is 88.5 Å². The van der Waals surface area contributed by atoms with E-state index >= 15 is 0 Å². The van der Waals surface area contributed by atoms with Gasteiger partial charge in [0.05, 0.1) is 46.9 Å². The first-order chi connectivity index (χ1) is 21.7. The number of carboxylic acids is 1. The maximum Gasteiger partial charge on any atom is 0.307 e. The predicted octanol–water partition coefficient (Wildman–Crippen LogP) is 3.77. The fourth-order valence-electron chi connectivity index (χ4n) is 7.01. The molecular formula is C34H37N5O6. The van der Waals surface area contributed by atoms with Crippen molar-refractivity contribution in [2.24, 2.45) is 17.7 Å². The Morgan fingerprint density at radius 1 is 0.978 bits per heavy atom. The molecule has 0 saturated heterocycles. The van der Waals surface area contributed by atoms with Gasteiger partial charge in [-0.1, -0.05) is 43.2 Å². The Labute approximate surface area is 261 Å². The first kappa shape index (κ1) is 30.1. The minimum absolute atomic E-state index is 0.0829. The Morgan fingerprint density at radius 2 is 1.67 bits per heavy atom. The fourth-order valence-corrected chi connectivity index (χ4v) is 7.01. The van der Waals surface area contributed by atoms with Crippen LogP contribution in [0.5, 0.6) is 5.75 Å². The SMILES string of the molecule is CN(N)c1ccc(COc2cccc3c2C(CN2C(=O)c4ccccc4C2=O)N(C(=O)C2CCCCC2C(=O)O)CC3)cc1N. The highest BCUT2D eigenvalue weighted by Crippen LogP contribution is 2.42. The van der Waals surface area contributed by atoms with Gasteiger partial charge in [-0.25, -0.2) is 5.84 Å². The summed E-state index contributed by atoms with van der Waals surface area (Å²) in [6.07, 6.45) is 2.96. The summed E-state index contributed by atoms with van der Waals surface area (Å²) in [5.74, 6) is 2.83. The van der Waals surface area contributed by atoms with Gasteiger partial charge in [0.25, 0.3) is 11.8 Å². The van der Waals surface area contributed by atoms with E-state index in [2.05, 4.69) is 0 Å². The number of benzene rings is 3. The van der Waals surface area contributed by atoms with Gasteiger partial charge in [0.15, 0.2) is 0 Å². The number of aliphatic carboxylic acids is 1. The minimum Gasteiger partial charge on any atom is -0.489 e. The Balaban J connectivity index is 1.36. The second-order valence-corrected chi connectivity index (χ2v) is 12.0. The number of hydrazine groups is 1. The number of carboxylic acid groups (broad SMARTS) is 1. The van der Waals surface area contributed by atoms with E-state index in [0.29, 0.717) is 59.6 Å². The Kier molecular flexibility index (Phi) is 8.20. The molecule has 0 spiro atoms. The molecule has 6 rings (SSSR count). The quantitative estimate of drug-likeness (QED) is 0.149. The van der Waals surface area contributed by atoms with Crippen LogP contribution in [0.2, 0.25) is 0 Å². The van der Waals surface area contributed by atoms with Gasteiger partial charge in [0.2, 0.25) is 5.91 Å². The van der Waals surface area contributed by atoms with Crippen LogP contribution in [0.1, 0.15) is 69.1 Å². The van der Waals surface area contributed by atoms with Gasteiger partial charge in [0.1, 0.15) is 12.4 Å². The predicted molar refractivity (Wildman–Crippen MR) is 167 cm³/mol. The molecule has 3 amide bonds. The van der Waals surface area contributed by atoms with Gasteiger partial charge in [-0.2, -0.15) is 0 Å². The minimum atomic E-state index is -0.975. The maximum atomic E-state index is 14.3. The Hall–Kier alpha value is -4.90. The van der Waals surface area contributed by atoms with E-state index < -0.39 is 35.7 Å². The molecule has 234 valence electrons. The average molecular weight is 612 g/mol. The van der Waals surface area contributed by atoms with E-state index in [0.717, 1.165) is 24.0 Å². The van der Waals surface area contributed by atoms with E-state index in [-0.39, 0.29) is 19.1 Å². The van der Waals surface area contributed by atoms with Crippen LogP contribution in [0, 0.1) is 11.8 Å². The van der Waals surface area contributed by atoms with Crippen LogP contribution >= 0.6 is 0 Å². The molecule has 3 atom stereocenters. The van der Waals surface area contributed by atoms with E-state index in [1.165, 1.54) is 9.91 Å². The third-order valence-electron chi connectivity index (χ3n) is 9.27. The van der Waals surface area contributed by atoms with Crippen LogP contribution in [0.3, 0.4) is 0 Å². The van der Waals surface area contributed by atoms with Crippen molar-refractivity contribution < 1.29 is 29.0 Å². The molecule has 11 heteroatoms. The zero-order chi connectivity index (χ0) is 31.8. The highest BCUT2D eigenvalue weighted by Gasteiger charge is 2.45. The summed E-state index contributed by atoms with van der Waals surface area (Å²) < 4.78 is 6.37. The second kappa shape index (κ2) is 12.2. The number of carbonyl (C=O) groups is 4. The molecule has 1 saturated carbocycles. The summed E-state index contributed by atoms with van der Waals surface area (Å²) in [7, 11) is 1.70. The van der Waals surface area contributed by atoms with Crippen LogP contribution in [0.15, 0.2) is 60.7 Å². The highest BCUT2D eigenvalue weighted by molar-refractivity contribution is 6.21. The third-order valence-corrected chi connectivity index (χ3v) is 9.27. The number of hydrogen-bond acceptors (Lipinski definition) is 8. The van der Waals surface area contributed by atoms with Gasteiger partial charge in [-0.05, 0) is 60.7 Å². The zero-order valence-electron chi connectivity index (χ0n) is 25.1. The molecule has 0 bridgehead atoms. The molecule has 11 nitrogen and oxygen atoms in total. The molecule has 3 unspecified atom stereocenters. The number of nitrogens with zero attached hydrogens (tertiary/aromatic N) is 3. The van der Waals surface area contributed by atoms with E-state index in [9.17, 15) is 24.3 Å². The third kappa shape index (κ3) is 5.59. The number of anilines is 2. The molecule has 0 radical (unpaired) electrons. The first-order valence-corrected chi connectivity index (χ1v) is 15.3. The monoisotopic (exact) mass is 611 g/mol. The summed E-state index contributed by atoms with van der Waals surface area (Å²) in [5, 5.41) is 11.4. The topological polar surface area (TPSA) is 160 Å². The van der Waals surface area contributed by atoms with Crippen molar-refractivity contribution in [1.29, 1.82) is 0 Å². The zero-order valence-corrected chi connectivity index (χ0v) is 25.1. The lowest BCUT2D eigenvalue weighted by Crippen LogP contribution is -2.50. The van der Waals surface area contributed by atoms with Crippen molar-refractivity contribution in [3.8, 4) is 5.75 Å². The lowest BCUT2D eigenvalue weighted by molar-refractivity contribution is -0.153. The van der Waals surface area contributed by atoms with Gasteiger partial charge < -0.3 is 25.5 Å². The molecule has 2 heterocycles. The summed E-state index contributed by atoms with van der Waals surface area (Å²) in [6, 6.07) is 17.1. The van der Waals surface area contributed by atoms with Gasteiger partial charge in [-0.3, -0.25) is 24.1 Å². The van der Waals surface area contributed by atoms with Crippen molar-refractivity contribution in [2.75, 3.05) is 30.9 Å². The first-order valence-electron chi connectivity index (χ1n) is 15.3. The maximum absolute atomic E-state index is 14.3. The van der Waals surface area contributed by atoms with E-state index in [1.54, 1.807) is 42.3 Å². The molecule has 2 aliphatic heterocycles. The summed E-state index contributed by atoms with van der Waals surface area (Å²) in [6.45, 7) is 0.420. The van der Waals surface area contributed by atoms with Crippen LogP contribution < -0.4 is 21.3 Å². The van der Waals surface area contributed by atoms with Gasteiger partial charge in [-0.15, -0.1) is 0 Å². The highest BCUT2D eigenvalue weighted by atomic mass is 16.5. The molecule has 1 aliphatic carbocycles. The molecular weight excluding hydrogens is 574 g/mol. The lowest BCUT2D eigenvalue weighted by Gasteiger charge is -2.42. The lowest BCUT2D eigenvalue weighted by atomic mass is 9.77. The van der Waals surface area contributed by atoms with Gasteiger partial charge >= 0.3 is 5.97 Å². The molecule has 3 aromatic rings. The summed E-state index contributed by atoms with van der Waals surface area (Å²) in [4.78, 5) is 56.3. The standard InChI is InChI=1S/C34H37N5O6/c1-37(36)27-14-13-20(17-26(27)35)19-45-29-12-6-7-21-15-16-38(31(40)24-10-4-5-11-25(24)34(43)44)28(30(21)29)18-39-32(41)22-8-2-3-9-23(22)33(39)42/h2-3,6-9,12-14,17,24-25,28H,4-5,10-11,15-16,18-19,35-36H2,1H3,(H,43,44). The largest absolute Gasteiger partial charge is 0.489 e. The number of nitrogens with two attached hydrogens (primary N) is 2.